The fourth-order valence-electron chi connectivity index (χ4n) is 4.60. The summed E-state index contributed by atoms with van der Waals surface area (Å²) in [7, 11) is 0. The molecule has 2 saturated heterocycles. The van der Waals surface area contributed by atoms with Crippen molar-refractivity contribution in [1.29, 1.82) is 0 Å². The van der Waals surface area contributed by atoms with E-state index in [1.54, 1.807) is 0 Å². The minimum Gasteiger partial charge on any atom is -0.317 e. The number of piperidine rings is 1. The summed E-state index contributed by atoms with van der Waals surface area (Å²) >= 11 is 0. The largest absolute Gasteiger partial charge is 0.317 e. The Kier molecular flexibility index (Phi) is 6.38. The van der Waals surface area contributed by atoms with E-state index >= 15 is 0 Å². The number of hydrogen-bond acceptors (Lipinski definition) is 3. The van der Waals surface area contributed by atoms with Crippen molar-refractivity contribution in [3.8, 4) is 0 Å². The predicted molar refractivity (Wildman–Crippen MR) is 89.7 cm³/mol. The quantitative estimate of drug-likeness (QED) is 0.841. The van der Waals surface area contributed by atoms with Crippen LogP contribution < -0.4 is 5.32 Å². The summed E-state index contributed by atoms with van der Waals surface area (Å²) in [5.41, 5.74) is 0. The van der Waals surface area contributed by atoms with E-state index in [4.69, 9.17) is 0 Å². The van der Waals surface area contributed by atoms with Gasteiger partial charge >= 0.3 is 0 Å². The lowest BCUT2D eigenvalue weighted by Crippen LogP contribution is -2.52. The van der Waals surface area contributed by atoms with Gasteiger partial charge in [0.05, 0.1) is 0 Å². The first-order valence-corrected chi connectivity index (χ1v) is 9.59. The Hall–Kier alpha value is -0.120. The lowest BCUT2D eigenvalue weighted by molar-refractivity contribution is 0.0801. The van der Waals surface area contributed by atoms with E-state index in [-0.39, 0.29) is 0 Å². The van der Waals surface area contributed by atoms with Gasteiger partial charge in [-0.1, -0.05) is 32.1 Å². The first-order valence-electron chi connectivity index (χ1n) is 9.59. The van der Waals surface area contributed by atoms with Gasteiger partial charge in [0.15, 0.2) is 0 Å². The van der Waals surface area contributed by atoms with Crippen LogP contribution in [-0.2, 0) is 0 Å². The van der Waals surface area contributed by atoms with Crippen molar-refractivity contribution < 1.29 is 0 Å². The van der Waals surface area contributed by atoms with Gasteiger partial charge in [-0.15, -0.1) is 0 Å². The molecule has 0 atom stereocenters. The number of hydrogen-bond donors (Lipinski definition) is 1. The molecule has 0 aromatic heterocycles. The van der Waals surface area contributed by atoms with Gasteiger partial charge < -0.3 is 10.2 Å². The van der Waals surface area contributed by atoms with Gasteiger partial charge in [0, 0.05) is 32.2 Å². The molecule has 0 amide bonds. The molecular weight excluding hydrogens is 258 g/mol. The van der Waals surface area contributed by atoms with E-state index in [1.165, 1.54) is 104 Å². The molecule has 0 bridgehead atoms. The molecular formula is C18H35N3. The predicted octanol–water partition coefficient (Wildman–Crippen LogP) is 2.72. The van der Waals surface area contributed by atoms with Crippen molar-refractivity contribution in [2.24, 2.45) is 5.92 Å². The highest BCUT2D eigenvalue weighted by Gasteiger charge is 2.24. The van der Waals surface area contributed by atoms with Crippen LogP contribution in [0, 0.1) is 5.92 Å². The molecule has 122 valence electrons. The molecule has 3 rings (SSSR count). The molecule has 0 aromatic carbocycles. The molecule has 1 aliphatic carbocycles. The molecule has 3 heteroatoms. The second-order valence-electron chi connectivity index (χ2n) is 7.51. The van der Waals surface area contributed by atoms with Crippen LogP contribution in [0.5, 0.6) is 0 Å². The third kappa shape index (κ3) is 4.94. The molecule has 21 heavy (non-hydrogen) atoms. The van der Waals surface area contributed by atoms with Crippen LogP contribution in [0.1, 0.15) is 57.8 Å². The third-order valence-corrected chi connectivity index (χ3v) is 6.04. The zero-order valence-electron chi connectivity index (χ0n) is 13.9. The van der Waals surface area contributed by atoms with Crippen LogP contribution in [0.3, 0.4) is 0 Å². The fraction of sp³-hybridized carbons (Fsp3) is 1.00. The summed E-state index contributed by atoms with van der Waals surface area (Å²) < 4.78 is 0. The van der Waals surface area contributed by atoms with E-state index < -0.39 is 0 Å². The van der Waals surface area contributed by atoms with Gasteiger partial charge in [0.25, 0.3) is 0 Å². The lowest BCUT2D eigenvalue weighted by Gasteiger charge is -2.41. The average Bonchev–Trinajstić information content (AvgIpc) is 2.57. The highest BCUT2D eigenvalue weighted by Crippen LogP contribution is 2.27. The monoisotopic (exact) mass is 293 g/mol. The zero-order chi connectivity index (χ0) is 14.3. The molecule has 3 aliphatic rings. The lowest BCUT2D eigenvalue weighted by atomic mass is 9.86. The highest BCUT2D eigenvalue weighted by atomic mass is 15.3. The second-order valence-corrected chi connectivity index (χ2v) is 7.51. The first-order chi connectivity index (χ1) is 10.4. The Bertz CT molecular complexity index is 271. The number of nitrogens with zero attached hydrogens (tertiary/aromatic N) is 2. The minimum atomic E-state index is 0.871. The molecule has 1 N–H and O–H groups in total. The van der Waals surface area contributed by atoms with Crippen LogP contribution >= 0.6 is 0 Å². The van der Waals surface area contributed by atoms with Gasteiger partial charge in [-0.25, -0.2) is 0 Å². The van der Waals surface area contributed by atoms with Crippen molar-refractivity contribution in [2.45, 2.75) is 63.8 Å². The Labute approximate surface area is 131 Å². The standard InChI is InChI=1S/C18H35N3/c1-2-5-17(6-3-1)7-4-12-20-13-15-21(16-14-20)18-8-10-19-11-9-18/h17-19H,1-16H2. The summed E-state index contributed by atoms with van der Waals surface area (Å²) in [4.78, 5) is 5.48. The average molecular weight is 293 g/mol. The normalized spacial score (nSPS) is 28.0. The molecule has 3 fully saturated rings. The van der Waals surface area contributed by atoms with E-state index in [0.29, 0.717) is 0 Å². The van der Waals surface area contributed by atoms with Crippen molar-refractivity contribution in [3.63, 3.8) is 0 Å². The maximum Gasteiger partial charge on any atom is 0.0120 e. The molecule has 0 radical (unpaired) electrons. The maximum atomic E-state index is 3.48. The summed E-state index contributed by atoms with van der Waals surface area (Å²) in [6.07, 6.45) is 13.2. The smallest absolute Gasteiger partial charge is 0.0120 e. The Morgan fingerprint density at radius 2 is 1.52 bits per heavy atom. The van der Waals surface area contributed by atoms with E-state index in [0.717, 1.165) is 12.0 Å². The van der Waals surface area contributed by atoms with Gasteiger partial charge in [-0.3, -0.25) is 4.90 Å². The number of piperazine rings is 1. The highest BCUT2D eigenvalue weighted by molar-refractivity contribution is 4.82. The molecule has 0 unspecified atom stereocenters. The van der Waals surface area contributed by atoms with Gasteiger partial charge in [-0.05, 0) is 51.2 Å². The Balaban J connectivity index is 1.28. The van der Waals surface area contributed by atoms with E-state index in [9.17, 15) is 0 Å². The van der Waals surface area contributed by atoms with Crippen molar-refractivity contribution >= 4 is 0 Å². The van der Waals surface area contributed by atoms with Crippen LogP contribution in [0.2, 0.25) is 0 Å². The first kappa shape index (κ1) is 15.8. The summed E-state index contributed by atoms with van der Waals surface area (Å²) in [6.45, 7) is 9.07. The SMILES string of the molecule is C1CCC(CCCN2CCN(C3CCNCC3)CC2)CC1. The second kappa shape index (κ2) is 8.50. The van der Waals surface area contributed by atoms with Crippen LogP contribution in [0.15, 0.2) is 0 Å². The summed E-state index contributed by atoms with van der Waals surface area (Å²) in [6, 6.07) is 0.871. The molecule has 2 heterocycles. The minimum absolute atomic E-state index is 0.871. The third-order valence-electron chi connectivity index (χ3n) is 6.04. The van der Waals surface area contributed by atoms with Gasteiger partial charge in [0.1, 0.15) is 0 Å². The summed E-state index contributed by atoms with van der Waals surface area (Å²) in [5.74, 6) is 1.06. The molecule has 2 aliphatic heterocycles. The Morgan fingerprint density at radius 3 is 2.24 bits per heavy atom. The Morgan fingerprint density at radius 1 is 0.810 bits per heavy atom. The number of nitrogens with one attached hydrogen (secondary N) is 1. The van der Waals surface area contributed by atoms with Gasteiger partial charge in [-0.2, -0.15) is 0 Å². The van der Waals surface area contributed by atoms with Crippen molar-refractivity contribution in [1.82, 2.24) is 15.1 Å². The fourth-order valence-corrected chi connectivity index (χ4v) is 4.60. The maximum absolute atomic E-state index is 3.48. The van der Waals surface area contributed by atoms with Gasteiger partial charge in [0.2, 0.25) is 0 Å². The molecule has 0 spiro atoms. The molecule has 0 aromatic rings. The number of rotatable bonds is 5. The van der Waals surface area contributed by atoms with Crippen LogP contribution in [0.4, 0.5) is 0 Å². The van der Waals surface area contributed by atoms with Crippen molar-refractivity contribution in [3.05, 3.63) is 0 Å². The summed E-state index contributed by atoms with van der Waals surface area (Å²) in [5, 5.41) is 3.48. The van der Waals surface area contributed by atoms with Crippen LogP contribution in [-0.4, -0.2) is 61.7 Å². The van der Waals surface area contributed by atoms with Crippen molar-refractivity contribution in [2.75, 3.05) is 45.8 Å². The van der Waals surface area contributed by atoms with Crippen LogP contribution in [0.25, 0.3) is 0 Å². The zero-order valence-corrected chi connectivity index (χ0v) is 13.9. The molecule has 3 nitrogen and oxygen atoms in total. The van der Waals surface area contributed by atoms with E-state index in [1.807, 2.05) is 0 Å². The van der Waals surface area contributed by atoms with E-state index in [2.05, 4.69) is 15.1 Å². The topological polar surface area (TPSA) is 18.5 Å². The molecule has 1 saturated carbocycles.